The van der Waals surface area contributed by atoms with Crippen molar-refractivity contribution < 1.29 is 4.79 Å². The largest absolute Gasteiger partial charge is 0.324 e. The fraction of sp³-hybridized carbons (Fsp3) is 0.176. The van der Waals surface area contributed by atoms with Crippen molar-refractivity contribution in [3.05, 3.63) is 64.7 Å². The van der Waals surface area contributed by atoms with Gasteiger partial charge >= 0.3 is 0 Å². The summed E-state index contributed by atoms with van der Waals surface area (Å²) in [6, 6.07) is 16.5. The Balaban J connectivity index is 1.88. The van der Waals surface area contributed by atoms with E-state index in [4.69, 9.17) is 16.9 Å². The average molecular weight is 314 g/mol. The highest BCUT2D eigenvalue weighted by Crippen LogP contribution is 2.20. The second kappa shape index (κ2) is 7.60. The van der Waals surface area contributed by atoms with Crippen LogP contribution in [0.25, 0.3) is 0 Å². The molecule has 1 N–H and O–H groups in total. The minimum absolute atomic E-state index is 0.121. The van der Waals surface area contributed by atoms with Crippen LogP contribution in [-0.2, 0) is 11.3 Å². The summed E-state index contributed by atoms with van der Waals surface area (Å²) in [7, 11) is 1.87. The van der Waals surface area contributed by atoms with E-state index < -0.39 is 0 Å². The summed E-state index contributed by atoms with van der Waals surface area (Å²) in [5.74, 6) is -0.121. The van der Waals surface area contributed by atoms with Gasteiger partial charge in [-0.25, -0.2) is 0 Å². The maximum atomic E-state index is 12.0. The lowest BCUT2D eigenvalue weighted by atomic mass is 10.1. The molecule has 0 unspecified atom stereocenters. The van der Waals surface area contributed by atoms with Crippen LogP contribution >= 0.6 is 11.6 Å². The predicted molar refractivity (Wildman–Crippen MR) is 87.6 cm³/mol. The van der Waals surface area contributed by atoms with E-state index in [2.05, 4.69) is 11.4 Å². The van der Waals surface area contributed by atoms with Gasteiger partial charge in [0.25, 0.3) is 0 Å². The van der Waals surface area contributed by atoms with Gasteiger partial charge in [0, 0.05) is 6.54 Å². The van der Waals surface area contributed by atoms with Gasteiger partial charge in [0.2, 0.25) is 5.91 Å². The number of amides is 1. The molecule has 0 aliphatic heterocycles. The first-order chi connectivity index (χ1) is 10.6. The van der Waals surface area contributed by atoms with E-state index in [1.165, 1.54) is 0 Å². The Morgan fingerprint density at radius 3 is 2.55 bits per heavy atom. The number of nitriles is 1. The Hall–Kier alpha value is -2.35. The Labute approximate surface area is 134 Å². The number of nitrogens with one attached hydrogen (secondary N) is 1. The minimum atomic E-state index is -0.121. The SMILES string of the molecule is CN(CC(=O)Nc1ccccc1Cl)Cc1ccc(C#N)cc1. The van der Waals surface area contributed by atoms with Crippen molar-refractivity contribution in [2.24, 2.45) is 0 Å². The smallest absolute Gasteiger partial charge is 0.238 e. The topological polar surface area (TPSA) is 56.1 Å². The predicted octanol–water partition coefficient (Wildman–Crippen LogP) is 3.28. The van der Waals surface area contributed by atoms with Gasteiger partial charge in [0.15, 0.2) is 0 Å². The molecule has 2 aromatic carbocycles. The molecule has 0 aromatic heterocycles. The Bertz CT molecular complexity index is 692. The molecule has 0 saturated carbocycles. The van der Waals surface area contributed by atoms with Gasteiger partial charge in [-0.3, -0.25) is 9.69 Å². The molecule has 5 heteroatoms. The van der Waals surface area contributed by atoms with Crippen molar-refractivity contribution in [3.63, 3.8) is 0 Å². The van der Waals surface area contributed by atoms with Crippen LogP contribution in [0.15, 0.2) is 48.5 Å². The number of halogens is 1. The number of hydrogen-bond acceptors (Lipinski definition) is 3. The Kier molecular flexibility index (Phi) is 5.54. The van der Waals surface area contributed by atoms with E-state index in [9.17, 15) is 4.79 Å². The van der Waals surface area contributed by atoms with Crippen molar-refractivity contribution in [1.82, 2.24) is 4.90 Å². The molecule has 0 aliphatic carbocycles. The maximum Gasteiger partial charge on any atom is 0.238 e. The van der Waals surface area contributed by atoms with Crippen LogP contribution in [0.3, 0.4) is 0 Å². The lowest BCUT2D eigenvalue weighted by Crippen LogP contribution is -2.29. The first-order valence-electron chi connectivity index (χ1n) is 6.80. The van der Waals surface area contributed by atoms with Crippen LogP contribution in [0, 0.1) is 11.3 Å². The highest BCUT2D eigenvalue weighted by atomic mass is 35.5. The fourth-order valence-electron chi connectivity index (χ4n) is 2.05. The zero-order valence-corrected chi connectivity index (χ0v) is 13.0. The highest BCUT2D eigenvalue weighted by Gasteiger charge is 2.09. The van der Waals surface area contributed by atoms with E-state index in [0.717, 1.165) is 5.56 Å². The molecule has 1 amide bonds. The van der Waals surface area contributed by atoms with Gasteiger partial charge in [0.1, 0.15) is 0 Å². The van der Waals surface area contributed by atoms with Gasteiger partial charge in [0.05, 0.1) is 28.9 Å². The van der Waals surface area contributed by atoms with Crippen molar-refractivity contribution in [1.29, 1.82) is 5.26 Å². The molecule has 4 nitrogen and oxygen atoms in total. The van der Waals surface area contributed by atoms with Crippen molar-refractivity contribution in [3.8, 4) is 6.07 Å². The third-order valence-electron chi connectivity index (χ3n) is 3.10. The number of nitrogens with zero attached hydrogens (tertiary/aromatic N) is 2. The molecule has 22 heavy (non-hydrogen) atoms. The number of hydrogen-bond donors (Lipinski definition) is 1. The number of likely N-dealkylation sites (N-methyl/N-ethyl adjacent to an activating group) is 1. The third kappa shape index (κ3) is 4.59. The third-order valence-corrected chi connectivity index (χ3v) is 3.43. The van der Waals surface area contributed by atoms with E-state index in [1.807, 2.05) is 36.2 Å². The fourth-order valence-corrected chi connectivity index (χ4v) is 2.23. The number of carbonyl (C=O) groups excluding carboxylic acids is 1. The lowest BCUT2D eigenvalue weighted by molar-refractivity contribution is -0.117. The molecule has 0 saturated heterocycles. The molecular formula is C17H16ClN3O. The van der Waals surface area contributed by atoms with E-state index in [1.54, 1.807) is 24.3 Å². The van der Waals surface area contributed by atoms with Crippen LogP contribution in [-0.4, -0.2) is 24.4 Å². The molecule has 0 atom stereocenters. The number of anilines is 1. The summed E-state index contributed by atoms with van der Waals surface area (Å²) in [5.41, 5.74) is 2.29. The zero-order valence-electron chi connectivity index (χ0n) is 12.2. The normalized spacial score (nSPS) is 10.3. The van der Waals surface area contributed by atoms with Crippen LogP contribution in [0.4, 0.5) is 5.69 Å². The molecule has 0 heterocycles. The maximum absolute atomic E-state index is 12.0. The van der Waals surface area contributed by atoms with Gasteiger partial charge in [-0.15, -0.1) is 0 Å². The van der Waals surface area contributed by atoms with E-state index >= 15 is 0 Å². The summed E-state index contributed by atoms with van der Waals surface area (Å²) in [5, 5.41) is 12.1. The van der Waals surface area contributed by atoms with E-state index in [-0.39, 0.29) is 12.5 Å². The number of carbonyl (C=O) groups is 1. The van der Waals surface area contributed by atoms with Gasteiger partial charge in [-0.05, 0) is 36.9 Å². The van der Waals surface area contributed by atoms with Crippen LogP contribution < -0.4 is 5.32 Å². The second-order valence-corrected chi connectivity index (χ2v) is 5.42. The first kappa shape index (κ1) is 16.0. The average Bonchev–Trinajstić information content (AvgIpc) is 2.50. The standard InChI is InChI=1S/C17H16ClN3O/c1-21(11-14-8-6-13(10-19)7-9-14)12-17(22)20-16-5-3-2-4-15(16)18/h2-9H,11-12H2,1H3,(H,20,22). The van der Waals surface area contributed by atoms with Gasteiger partial charge in [-0.2, -0.15) is 5.26 Å². The quantitative estimate of drug-likeness (QED) is 0.921. The molecule has 0 fully saturated rings. The van der Waals surface area contributed by atoms with Crippen molar-refractivity contribution in [2.45, 2.75) is 6.54 Å². The highest BCUT2D eigenvalue weighted by molar-refractivity contribution is 6.33. The van der Waals surface area contributed by atoms with Crippen LogP contribution in [0.1, 0.15) is 11.1 Å². The Morgan fingerprint density at radius 2 is 1.91 bits per heavy atom. The number of para-hydroxylation sites is 1. The Morgan fingerprint density at radius 1 is 1.23 bits per heavy atom. The molecular weight excluding hydrogens is 298 g/mol. The summed E-state index contributed by atoms with van der Waals surface area (Å²) in [6.07, 6.45) is 0. The molecule has 0 radical (unpaired) electrons. The lowest BCUT2D eigenvalue weighted by Gasteiger charge is -2.16. The second-order valence-electron chi connectivity index (χ2n) is 5.01. The number of benzene rings is 2. The van der Waals surface area contributed by atoms with Gasteiger partial charge in [-0.1, -0.05) is 35.9 Å². The minimum Gasteiger partial charge on any atom is -0.324 e. The summed E-state index contributed by atoms with van der Waals surface area (Å²) >= 11 is 6.01. The summed E-state index contributed by atoms with van der Waals surface area (Å²) in [6.45, 7) is 0.882. The molecule has 0 aliphatic rings. The first-order valence-corrected chi connectivity index (χ1v) is 7.18. The molecule has 0 spiro atoms. The van der Waals surface area contributed by atoms with Gasteiger partial charge < -0.3 is 5.32 Å². The summed E-state index contributed by atoms with van der Waals surface area (Å²) < 4.78 is 0. The van der Waals surface area contributed by atoms with E-state index in [0.29, 0.717) is 22.8 Å². The van der Waals surface area contributed by atoms with Crippen molar-refractivity contribution >= 4 is 23.2 Å². The van der Waals surface area contributed by atoms with Crippen molar-refractivity contribution in [2.75, 3.05) is 18.9 Å². The monoisotopic (exact) mass is 313 g/mol. The van der Waals surface area contributed by atoms with Crippen LogP contribution in [0.2, 0.25) is 5.02 Å². The molecule has 2 rings (SSSR count). The van der Waals surface area contributed by atoms with Crippen LogP contribution in [0.5, 0.6) is 0 Å². The molecule has 2 aromatic rings. The zero-order chi connectivity index (χ0) is 15.9. The number of rotatable bonds is 5. The molecule has 112 valence electrons. The molecule has 0 bridgehead atoms. The summed E-state index contributed by atoms with van der Waals surface area (Å²) in [4.78, 5) is 13.9.